The zero-order chi connectivity index (χ0) is 11.4. The molecule has 1 aliphatic rings. The fourth-order valence-corrected chi connectivity index (χ4v) is 1.57. The molecule has 1 aromatic carbocycles. The van der Waals surface area contributed by atoms with Gasteiger partial charge in [-0.05, 0) is 30.4 Å². The molecule has 0 atom stereocenters. The van der Waals surface area contributed by atoms with Crippen molar-refractivity contribution >= 4 is 5.91 Å². The molecule has 0 spiro atoms. The van der Waals surface area contributed by atoms with Gasteiger partial charge in [-0.2, -0.15) is 0 Å². The highest BCUT2D eigenvalue weighted by molar-refractivity contribution is 5.95. The highest BCUT2D eigenvalue weighted by atomic mass is 16.5. The number of nitrogen functional groups attached to an aromatic ring is 1. The Labute approximate surface area is 94.8 Å². The predicted molar refractivity (Wildman–Crippen MR) is 60.5 cm³/mol. The average Bonchev–Trinajstić information content (AvgIpc) is 3.13. The van der Waals surface area contributed by atoms with Gasteiger partial charge in [0.25, 0.3) is 5.91 Å². The van der Waals surface area contributed by atoms with E-state index in [0.717, 1.165) is 18.1 Å². The van der Waals surface area contributed by atoms with E-state index in [1.165, 1.54) is 12.8 Å². The minimum Gasteiger partial charge on any atom is -0.376 e. The maximum atomic E-state index is 11.5. The molecular weight excluding hydrogens is 204 g/mol. The molecule has 0 aliphatic heterocycles. The van der Waals surface area contributed by atoms with Crippen LogP contribution in [0.4, 0.5) is 0 Å². The van der Waals surface area contributed by atoms with Crippen molar-refractivity contribution in [2.24, 2.45) is 11.8 Å². The molecule has 1 amide bonds. The average molecular weight is 220 g/mol. The first kappa shape index (κ1) is 11.1. The fourth-order valence-electron chi connectivity index (χ4n) is 1.57. The van der Waals surface area contributed by atoms with Crippen molar-refractivity contribution in [1.29, 1.82) is 0 Å². The topological polar surface area (TPSA) is 64.3 Å². The molecule has 1 saturated carbocycles. The summed E-state index contributed by atoms with van der Waals surface area (Å²) in [6, 6.07) is 7.34. The van der Waals surface area contributed by atoms with Crippen molar-refractivity contribution in [3.8, 4) is 0 Å². The molecule has 0 aromatic heterocycles. The number of ether oxygens (including phenoxy) is 1. The number of carbonyl (C=O) groups is 1. The molecule has 1 aromatic rings. The number of hydrazine groups is 1. The normalized spacial score (nSPS) is 14.8. The van der Waals surface area contributed by atoms with Gasteiger partial charge in [-0.1, -0.05) is 18.2 Å². The van der Waals surface area contributed by atoms with E-state index in [0.29, 0.717) is 12.2 Å². The lowest BCUT2D eigenvalue weighted by molar-refractivity contribution is 0.0933. The van der Waals surface area contributed by atoms with Gasteiger partial charge < -0.3 is 4.74 Å². The Kier molecular flexibility index (Phi) is 3.54. The number of amides is 1. The predicted octanol–water partition coefficient (Wildman–Crippen LogP) is 1.22. The summed E-state index contributed by atoms with van der Waals surface area (Å²) < 4.78 is 5.56. The van der Waals surface area contributed by atoms with Crippen LogP contribution in [-0.2, 0) is 11.3 Å². The maximum Gasteiger partial charge on any atom is 0.265 e. The van der Waals surface area contributed by atoms with Crippen LogP contribution >= 0.6 is 0 Å². The van der Waals surface area contributed by atoms with Gasteiger partial charge in [-0.15, -0.1) is 0 Å². The fraction of sp³-hybridized carbons (Fsp3) is 0.417. The smallest absolute Gasteiger partial charge is 0.265 e. The summed E-state index contributed by atoms with van der Waals surface area (Å²) in [6.45, 7) is 1.26. The number of nitrogens with one attached hydrogen (secondary N) is 1. The summed E-state index contributed by atoms with van der Waals surface area (Å²) in [4.78, 5) is 11.5. The molecule has 1 fully saturated rings. The Morgan fingerprint density at radius 2 is 2.19 bits per heavy atom. The first-order chi connectivity index (χ1) is 7.81. The van der Waals surface area contributed by atoms with E-state index < -0.39 is 0 Å². The molecule has 0 heterocycles. The second-order valence-corrected chi connectivity index (χ2v) is 4.09. The van der Waals surface area contributed by atoms with Gasteiger partial charge in [-0.3, -0.25) is 10.2 Å². The van der Waals surface area contributed by atoms with Crippen molar-refractivity contribution in [3.05, 3.63) is 35.4 Å². The molecule has 0 saturated heterocycles. The van der Waals surface area contributed by atoms with Crippen molar-refractivity contribution in [2.45, 2.75) is 19.4 Å². The van der Waals surface area contributed by atoms with E-state index in [9.17, 15) is 4.79 Å². The quantitative estimate of drug-likeness (QED) is 0.445. The molecule has 4 heteroatoms. The molecule has 0 bridgehead atoms. The SMILES string of the molecule is NNC(=O)c1ccccc1COCC1CC1. The van der Waals surface area contributed by atoms with Crippen LogP contribution in [0.1, 0.15) is 28.8 Å². The zero-order valence-corrected chi connectivity index (χ0v) is 9.11. The second kappa shape index (κ2) is 5.09. The third-order valence-corrected chi connectivity index (χ3v) is 2.70. The van der Waals surface area contributed by atoms with Gasteiger partial charge in [0.1, 0.15) is 0 Å². The van der Waals surface area contributed by atoms with Crippen LogP contribution in [0.3, 0.4) is 0 Å². The lowest BCUT2D eigenvalue weighted by Crippen LogP contribution is -2.30. The van der Waals surface area contributed by atoms with Crippen molar-refractivity contribution < 1.29 is 9.53 Å². The van der Waals surface area contributed by atoms with Crippen molar-refractivity contribution in [2.75, 3.05) is 6.61 Å². The standard InChI is InChI=1S/C12H16N2O2/c13-14-12(15)11-4-2-1-3-10(11)8-16-7-9-5-6-9/h1-4,9H,5-8,13H2,(H,14,15). The molecular formula is C12H16N2O2. The summed E-state index contributed by atoms with van der Waals surface area (Å²) in [5.41, 5.74) is 3.60. The lowest BCUT2D eigenvalue weighted by Gasteiger charge is -2.08. The summed E-state index contributed by atoms with van der Waals surface area (Å²) in [5, 5.41) is 0. The van der Waals surface area contributed by atoms with Gasteiger partial charge in [0, 0.05) is 12.2 Å². The van der Waals surface area contributed by atoms with Crippen LogP contribution < -0.4 is 11.3 Å². The Hall–Kier alpha value is -1.39. The lowest BCUT2D eigenvalue weighted by atomic mass is 10.1. The van der Waals surface area contributed by atoms with Crippen molar-refractivity contribution in [1.82, 2.24) is 5.43 Å². The third-order valence-electron chi connectivity index (χ3n) is 2.70. The number of nitrogens with two attached hydrogens (primary N) is 1. The minimum atomic E-state index is -0.273. The second-order valence-electron chi connectivity index (χ2n) is 4.09. The van der Waals surface area contributed by atoms with Crippen LogP contribution in [0.2, 0.25) is 0 Å². The maximum absolute atomic E-state index is 11.5. The van der Waals surface area contributed by atoms with Crippen LogP contribution in [0.15, 0.2) is 24.3 Å². The van der Waals surface area contributed by atoms with Gasteiger partial charge >= 0.3 is 0 Å². The first-order valence-corrected chi connectivity index (χ1v) is 5.48. The van der Waals surface area contributed by atoms with E-state index in [1.54, 1.807) is 6.07 Å². The summed E-state index contributed by atoms with van der Waals surface area (Å²) >= 11 is 0. The highest BCUT2D eigenvalue weighted by Crippen LogP contribution is 2.29. The zero-order valence-electron chi connectivity index (χ0n) is 9.11. The number of hydrogen-bond acceptors (Lipinski definition) is 3. The number of rotatable bonds is 5. The number of hydrogen-bond donors (Lipinski definition) is 2. The molecule has 86 valence electrons. The Balaban J connectivity index is 1.97. The van der Waals surface area contributed by atoms with Gasteiger partial charge in [-0.25, -0.2) is 5.84 Å². The van der Waals surface area contributed by atoms with Crippen LogP contribution in [-0.4, -0.2) is 12.5 Å². The Bertz CT molecular complexity index is 375. The van der Waals surface area contributed by atoms with Crippen LogP contribution in [0, 0.1) is 5.92 Å². The minimum absolute atomic E-state index is 0.273. The van der Waals surface area contributed by atoms with E-state index >= 15 is 0 Å². The van der Waals surface area contributed by atoms with E-state index in [4.69, 9.17) is 10.6 Å². The molecule has 0 radical (unpaired) electrons. The number of carbonyl (C=O) groups excluding carboxylic acids is 1. The Morgan fingerprint density at radius 1 is 1.44 bits per heavy atom. The number of benzene rings is 1. The molecule has 3 N–H and O–H groups in total. The van der Waals surface area contributed by atoms with Crippen LogP contribution in [0.25, 0.3) is 0 Å². The largest absolute Gasteiger partial charge is 0.376 e. The highest BCUT2D eigenvalue weighted by Gasteiger charge is 2.21. The van der Waals surface area contributed by atoms with Gasteiger partial charge in [0.15, 0.2) is 0 Å². The van der Waals surface area contributed by atoms with Crippen LogP contribution in [0.5, 0.6) is 0 Å². The van der Waals surface area contributed by atoms with Crippen molar-refractivity contribution in [3.63, 3.8) is 0 Å². The van der Waals surface area contributed by atoms with Gasteiger partial charge in [0.05, 0.1) is 6.61 Å². The van der Waals surface area contributed by atoms with Gasteiger partial charge in [0.2, 0.25) is 0 Å². The molecule has 16 heavy (non-hydrogen) atoms. The molecule has 2 rings (SSSR count). The third kappa shape index (κ3) is 2.81. The summed E-state index contributed by atoms with van der Waals surface area (Å²) in [6.07, 6.45) is 2.54. The van der Waals surface area contributed by atoms with E-state index in [1.807, 2.05) is 18.2 Å². The summed E-state index contributed by atoms with van der Waals surface area (Å²) in [7, 11) is 0. The molecule has 0 unspecified atom stereocenters. The molecule has 4 nitrogen and oxygen atoms in total. The van der Waals surface area contributed by atoms with E-state index in [2.05, 4.69) is 5.43 Å². The van der Waals surface area contributed by atoms with E-state index in [-0.39, 0.29) is 5.91 Å². The monoisotopic (exact) mass is 220 g/mol. The first-order valence-electron chi connectivity index (χ1n) is 5.48. The summed E-state index contributed by atoms with van der Waals surface area (Å²) in [5.74, 6) is 5.58. The molecule has 1 aliphatic carbocycles. The Morgan fingerprint density at radius 3 is 2.88 bits per heavy atom.